The number of nitrogens with one attached hydrogen (secondary N) is 2. The van der Waals surface area contributed by atoms with Crippen LogP contribution < -0.4 is 16.4 Å². The van der Waals surface area contributed by atoms with Crippen molar-refractivity contribution < 1.29 is 10.0 Å². The molecule has 0 fully saturated rings. The molecule has 0 saturated heterocycles. The van der Waals surface area contributed by atoms with E-state index in [1.165, 1.54) is 0 Å². The third kappa shape index (κ3) is 5.35. The molecule has 0 aliphatic rings. The average molecular weight is 265 g/mol. The van der Waals surface area contributed by atoms with Crippen molar-refractivity contribution in [1.29, 1.82) is 0 Å². The lowest BCUT2D eigenvalue weighted by Crippen LogP contribution is -2.27. The van der Waals surface area contributed by atoms with Crippen molar-refractivity contribution in [3.8, 4) is 0 Å². The van der Waals surface area contributed by atoms with Gasteiger partial charge in [-0.3, -0.25) is 9.78 Å². The van der Waals surface area contributed by atoms with E-state index in [4.69, 9.17) is 10.9 Å². The molecule has 0 radical (unpaired) electrons. The third-order valence-electron chi connectivity index (χ3n) is 2.43. The highest BCUT2D eigenvalue weighted by Crippen LogP contribution is 2.01. The zero-order valence-electron chi connectivity index (χ0n) is 10.9. The first-order valence-electron chi connectivity index (χ1n) is 6.07. The molecule has 19 heavy (non-hydrogen) atoms. The number of nitrogens with zero attached hydrogens (tertiary/aromatic N) is 2. The predicted molar refractivity (Wildman–Crippen MR) is 71.8 cm³/mol. The summed E-state index contributed by atoms with van der Waals surface area (Å²) in [5, 5.41) is 17.3. The van der Waals surface area contributed by atoms with Crippen molar-refractivity contribution in [3.63, 3.8) is 0 Å². The summed E-state index contributed by atoms with van der Waals surface area (Å²) >= 11 is 0. The molecule has 1 heterocycles. The highest BCUT2D eigenvalue weighted by Gasteiger charge is 2.03. The van der Waals surface area contributed by atoms with Crippen LogP contribution in [0.3, 0.4) is 0 Å². The Hall–Kier alpha value is -2.15. The van der Waals surface area contributed by atoms with Crippen molar-refractivity contribution in [3.05, 3.63) is 29.6 Å². The van der Waals surface area contributed by atoms with E-state index < -0.39 is 0 Å². The van der Waals surface area contributed by atoms with Crippen LogP contribution >= 0.6 is 0 Å². The summed E-state index contributed by atoms with van der Waals surface area (Å²) in [6.07, 6.45) is 2.03. The number of aromatic nitrogens is 1. The second kappa shape index (κ2) is 8.04. The minimum absolute atomic E-state index is 0.0239. The molecule has 0 saturated carbocycles. The third-order valence-corrected chi connectivity index (χ3v) is 2.43. The van der Waals surface area contributed by atoms with Crippen LogP contribution in [-0.4, -0.2) is 35.0 Å². The van der Waals surface area contributed by atoms with Gasteiger partial charge in [-0.1, -0.05) is 5.16 Å². The molecule has 0 unspecified atom stereocenters. The van der Waals surface area contributed by atoms with Gasteiger partial charge in [-0.2, -0.15) is 0 Å². The van der Waals surface area contributed by atoms with Crippen LogP contribution in [0.25, 0.3) is 0 Å². The fourth-order valence-electron chi connectivity index (χ4n) is 1.50. The fraction of sp³-hybridized carbons (Fsp3) is 0.417. The molecule has 0 spiro atoms. The first kappa shape index (κ1) is 14.9. The van der Waals surface area contributed by atoms with Gasteiger partial charge in [0.2, 0.25) is 5.91 Å². The molecular formula is C12H19N5O2. The van der Waals surface area contributed by atoms with Gasteiger partial charge in [0.15, 0.2) is 5.84 Å². The Labute approximate surface area is 111 Å². The first-order chi connectivity index (χ1) is 9.17. The van der Waals surface area contributed by atoms with Crippen LogP contribution in [0.5, 0.6) is 0 Å². The number of hydrogen-bond acceptors (Lipinski definition) is 5. The molecule has 0 aliphatic heterocycles. The minimum Gasteiger partial charge on any atom is -0.409 e. The summed E-state index contributed by atoms with van der Waals surface area (Å²) in [5.74, 6) is 0.00579. The Balaban J connectivity index is 2.39. The average Bonchev–Trinajstić information content (AvgIpc) is 2.43. The lowest BCUT2D eigenvalue weighted by molar-refractivity contribution is -0.120. The van der Waals surface area contributed by atoms with Gasteiger partial charge >= 0.3 is 0 Å². The Morgan fingerprint density at radius 3 is 3.05 bits per heavy atom. The molecular weight excluding hydrogens is 246 g/mol. The molecule has 7 heteroatoms. The lowest BCUT2D eigenvalue weighted by atomic mass is 10.2. The maximum atomic E-state index is 11.2. The summed E-state index contributed by atoms with van der Waals surface area (Å²) < 4.78 is 0. The van der Waals surface area contributed by atoms with Crippen molar-refractivity contribution in [2.45, 2.75) is 19.9 Å². The highest BCUT2D eigenvalue weighted by molar-refractivity contribution is 5.95. The van der Waals surface area contributed by atoms with Crippen LogP contribution in [0.4, 0.5) is 0 Å². The Morgan fingerprint density at radius 2 is 2.37 bits per heavy atom. The van der Waals surface area contributed by atoms with Crippen molar-refractivity contribution >= 4 is 11.7 Å². The largest absolute Gasteiger partial charge is 0.409 e. The zero-order valence-corrected chi connectivity index (χ0v) is 10.9. The van der Waals surface area contributed by atoms with E-state index in [0.717, 1.165) is 5.56 Å². The van der Waals surface area contributed by atoms with Crippen LogP contribution in [0.1, 0.15) is 24.6 Å². The van der Waals surface area contributed by atoms with E-state index in [2.05, 4.69) is 20.8 Å². The molecule has 0 bridgehead atoms. The summed E-state index contributed by atoms with van der Waals surface area (Å²) in [6, 6.07) is 3.56. The monoisotopic (exact) mass is 265 g/mol. The number of hydrogen-bond donors (Lipinski definition) is 4. The highest BCUT2D eigenvalue weighted by atomic mass is 16.4. The second-order valence-electron chi connectivity index (χ2n) is 3.91. The summed E-state index contributed by atoms with van der Waals surface area (Å²) in [6.45, 7) is 3.71. The van der Waals surface area contributed by atoms with Crippen LogP contribution in [0.15, 0.2) is 23.5 Å². The first-order valence-corrected chi connectivity index (χ1v) is 6.07. The number of amidine groups is 1. The van der Waals surface area contributed by atoms with Gasteiger partial charge in [0.25, 0.3) is 0 Å². The number of carbonyl (C=O) groups is 1. The van der Waals surface area contributed by atoms with Gasteiger partial charge in [-0.25, -0.2) is 0 Å². The Bertz CT molecular complexity index is 448. The van der Waals surface area contributed by atoms with Gasteiger partial charge in [-0.05, 0) is 24.6 Å². The van der Waals surface area contributed by atoms with Crippen LogP contribution in [-0.2, 0) is 11.3 Å². The molecule has 0 aliphatic carbocycles. The van der Waals surface area contributed by atoms with Crippen molar-refractivity contribution in [2.75, 3.05) is 13.1 Å². The van der Waals surface area contributed by atoms with E-state index in [1.807, 2.05) is 13.0 Å². The summed E-state index contributed by atoms with van der Waals surface area (Å²) in [5.41, 5.74) is 6.83. The molecule has 104 valence electrons. The number of nitrogens with two attached hydrogens (primary N) is 1. The van der Waals surface area contributed by atoms with Gasteiger partial charge in [0.05, 0.1) is 0 Å². The van der Waals surface area contributed by atoms with E-state index in [-0.39, 0.29) is 11.7 Å². The molecule has 1 amide bonds. The van der Waals surface area contributed by atoms with Crippen LogP contribution in [0.2, 0.25) is 0 Å². The fourth-order valence-corrected chi connectivity index (χ4v) is 1.50. The Kier molecular flexibility index (Phi) is 6.31. The van der Waals surface area contributed by atoms with Crippen molar-refractivity contribution in [2.24, 2.45) is 10.9 Å². The molecule has 0 atom stereocenters. The number of pyridine rings is 1. The Morgan fingerprint density at radius 1 is 1.58 bits per heavy atom. The van der Waals surface area contributed by atoms with E-state index in [1.54, 1.807) is 12.3 Å². The van der Waals surface area contributed by atoms with E-state index in [0.29, 0.717) is 31.7 Å². The second-order valence-corrected chi connectivity index (χ2v) is 3.91. The topological polar surface area (TPSA) is 113 Å². The van der Waals surface area contributed by atoms with Crippen molar-refractivity contribution in [1.82, 2.24) is 15.6 Å². The summed E-state index contributed by atoms with van der Waals surface area (Å²) in [4.78, 5) is 15.2. The lowest BCUT2D eigenvalue weighted by Gasteiger charge is -2.06. The van der Waals surface area contributed by atoms with Gasteiger partial charge in [0, 0.05) is 32.3 Å². The molecule has 1 aromatic heterocycles. The minimum atomic E-state index is -0.0239. The summed E-state index contributed by atoms with van der Waals surface area (Å²) in [7, 11) is 0. The number of oxime groups is 1. The van der Waals surface area contributed by atoms with Gasteiger partial charge in [-0.15, -0.1) is 0 Å². The maximum Gasteiger partial charge on any atom is 0.221 e. The molecule has 0 aromatic carbocycles. The predicted octanol–water partition coefficient (Wildman–Crippen LogP) is -0.208. The van der Waals surface area contributed by atoms with Gasteiger partial charge in [0.1, 0.15) is 5.69 Å². The van der Waals surface area contributed by atoms with E-state index >= 15 is 0 Å². The smallest absolute Gasteiger partial charge is 0.221 e. The number of carbonyl (C=O) groups excluding carboxylic acids is 1. The zero-order chi connectivity index (χ0) is 14.1. The van der Waals surface area contributed by atoms with Gasteiger partial charge < -0.3 is 21.6 Å². The molecule has 5 N–H and O–H groups in total. The molecule has 1 rings (SSSR count). The number of amides is 1. The number of rotatable bonds is 7. The normalized spacial score (nSPS) is 11.3. The van der Waals surface area contributed by atoms with Crippen LogP contribution in [0, 0.1) is 0 Å². The maximum absolute atomic E-state index is 11.2. The molecule has 1 aromatic rings. The quantitative estimate of drug-likeness (QED) is 0.179. The standard InChI is InChI=1S/C12H19N5O2/c1-2-15-11(18)4-5-14-8-9-3-6-16-10(7-9)12(13)17-19/h3,6-7,14,19H,2,4-5,8H2,1H3,(H2,13,17)(H,15,18). The SMILES string of the molecule is CCNC(=O)CCNCc1ccnc(/C(N)=N/O)c1. The van der Waals surface area contributed by atoms with E-state index in [9.17, 15) is 4.79 Å². The molecule has 7 nitrogen and oxygen atoms in total.